The lowest BCUT2D eigenvalue weighted by Gasteiger charge is -2.39. The van der Waals surface area contributed by atoms with Crippen LogP contribution in [0.1, 0.15) is 47.0 Å². The summed E-state index contributed by atoms with van der Waals surface area (Å²) < 4.78 is 0. The van der Waals surface area contributed by atoms with Crippen molar-refractivity contribution in [3.8, 4) is 0 Å². The Labute approximate surface area is 111 Å². The molecule has 2 atom stereocenters. The second-order valence-electron chi connectivity index (χ2n) is 7.16. The normalized spacial score (nSPS) is 30.8. The minimum Gasteiger partial charge on any atom is -0.341 e. The van der Waals surface area contributed by atoms with Crippen LogP contribution in [0.2, 0.25) is 0 Å². The molecular weight excluding hydrogens is 224 g/mol. The Balaban J connectivity index is 1.88. The number of carbonyl (C=O) groups excluding carboxylic acids is 1. The van der Waals surface area contributed by atoms with Crippen molar-refractivity contribution in [1.82, 2.24) is 10.2 Å². The predicted molar refractivity (Wildman–Crippen MR) is 74.3 cm³/mol. The van der Waals surface area contributed by atoms with Crippen LogP contribution in [0.4, 0.5) is 0 Å². The van der Waals surface area contributed by atoms with Gasteiger partial charge in [0.25, 0.3) is 0 Å². The number of hydrogen-bond acceptors (Lipinski definition) is 2. The fourth-order valence-corrected chi connectivity index (χ4v) is 3.33. The average molecular weight is 252 g/mol. The van der Waals surface area contributed by atoms with Crippen molar-refractivity contribution in [3.05, 3.63) is 0 Å². The lowest BCUT2D eigenvalue weighted by atomic mass is 9.75. The highest BCUT2D eigenvalue weighted by Crippen LogP contribution is 2.34. The summed E-state index contributed by atoms with van der Waals surface area (Å²) in [6.45, 7) is 12.0. The molecule has 0 aromatic rings. The van der Waals surface area contributed by atoms with Crippen LogP contribution in [0.25, 0.3) is 0 Å². The topological polar surface area (TPSA) is 32.3 Å². The molecule has 2 fully saturated rings. The fourth-order valence-electron chi connectivity index (χ4n) is 3.33. The predicted octanol–water partition coefficient (Wildman–Crippen LogP) is 2.27. The number of likely N-dealkylation sites (tertiary alicyclic amines) is 1. The summed E-state index contributed by atoms with van der Waals surface area (Å²) in [5.74, 6) is 1.60. The van der Waals surface area contributed by atoms with Gasteiger partial charge in [0.15, 0.2) is 0 Å². The molecule has 2 unspecified atom stereocenters. The van der Waals surface area contributed by atoms with E-state index >= 15 is 0 Å². The lowest BCUT2D eigenvalue weighted by molar-refractivity contribution is -0.135. The van der Waals surface area contributed by atoms with Gasteiger partial charge < -0.3 is 10.2 Å². The molecule has 0 aromatic carbocycles. The van der Waals surface area contributed by atoms with Crippen LogP contribution in [-0.4, -0.2) is 36.5 Å². The van der Waals surface area contributed by atoms with E-state index in [0.29, 0.717) is 17.2 Å². The van der Waals surface area contributed by atoms with Crippen LogP contribution < -0.4 is 5.32 Å². The molecule has 2 saturated heterocycles. The van der Waals surface area contributed by atoms with Crippen LogP contribution >= 0.6 is 0 Å². The van der Waals surface area contributed by atoms with Crippen LogP contribution in [-0.2, 0) is 4.79 Å². The number of nitrogens with zero attached hydrogens (tertiary/aromatic N) is 1. The zero-order valence-corrected chi connectivity index (χ0v) is 12.3. The maximum Gasteiger partial charge on any atom is 0.239 e. The highest BCUT2D eigenvalue weighted by Gasteiger charge is 2.36. The molecule has 1 amide bonds. The Bertz CT molecular complexity index is 300. The number of hydrogen-bond donors (Lipinski definition) is 1. The van der Waals surface area contributed by atoms with E-state index in [1.54, 1.807) is 0 Å². The zero-order chi connectivity index (χ0) is 13.3. The van der Waals surface area contributed by atoms with Gasteiger partial charge in [0.05, 0.1) is 6.04 Å². The molecule has 2 heterocycles. The zero-order valence-electron chi connectivity index (χ0n) is 12.3. The van der Waals surface area contributed by atoms with Gasteiger partial charge in [0.1, 0.15) is 0 Å². The van der Waals surface area contributed by atoms with Gasteiger partial charge in [0.2, 0.25) is 5.91 Å². The first-order valence-corrected chi connectivity index (χ1v) is 7.42. The Morgan fingerprint density at radius 3 is 2.22 bits per heavy atom. The number of rotatable bonds is 1. The van der Waals surface area contributed by atoms with E-state index in [4.69, 9.17) is 0 Å². The lowest BCUT2D eigenvalue weighted by Crippen LogP contribution is -2.49. The maximum absolute atomic E-state index is 12.4. The van der Waals surface area contributed by atoms with Crippen molar-refractivity contribution >= 4 is 5.91 Å². The quantitative estimate of drug-likeness (QED) is 0.776. The van der Waals surface area contributed by atoms with Crippen LogP contribution in [0.5, 0.6) is 0 Å². The Kier molecular flexibility index (Phi) is 4.00. The number of piperidine rings is 1. The molecule has 2 rings (SSSR count). The SMILES string of the molecule is CC1CCNC1C(=O)N1CCC(C(C)(C)C)CC1. The smallest absolute Gasteiger partial charge is 0.239 e. The molecule has 0 aromatic heterocycles. The molecule has 0 aliphatic carbocycles. The van der Waals surface area contributed by atoms with Crippen molar-refractivity contribution in [1.29, 1.82) is 0 Å². The fraction of sp³-hybridized carbons (Fsp3) is 0.933. The van der Waals surface area contributed by atoms with E-state index in [1.807, 2.05) is 0 Å². The molecule has 0 radical (unpaired) electrons. The molecule has 1 N–H and O–H groups in total. The van der Waals surface area contributed by atoms with E-state index in [1.165, 1.54) is 0 Å². The number of amides is 1. The standard InChI is InChI=1S/C15H28N2O/c1-11-5-8-16-13(11)14(18)17-9-6-12(7-10-17)15(2,3)4/h11-13,16H,5-10H2,1-4H3. The highest BCUT2D eigenvalue weighted by molar-refractivity contribution is 5.82. The number of carbonyl (C=O) groups is 1. The molecule has 0 bridgehead atoms. The summed E-state index contributed by atoms with van der Waals surface area (Å²) >= 11 is 0. The van der Waals surface area contributed by atoms with E-state index in [0.717, 1.165) is 44.8 Å². The highest BCUT2D eigenvalue weighted by atomic mass is 16.2. The average Bonchev–Trinajstić information content (AvgIpc) is 2.73. The van der Waals surface area contributed by atoms with Gasteiger partial charge in [-0.3, -0.25) is 4.79 Å². The Hall–Kier alpha value is -0.570. The van der Waals surface area contributed by atoms with E-state index < -0.39 is 0 Å². The second-order valence-corrected chi connectivity index (χ2v) is 7.16. The summed E-state index contributed by atoms with van der Waals surface area (Å²) in [4.78, 5) is 14.5. The van der Waals surface area contributed by atoms with Gasteiger partial charge in [-0.05, 0) is 43.1 Å². The van der Waals surface area contributed by atoms with Gasteiger partial charge in [-0.25, -0.2) is 0 Å². The second kappa shape index (κ2) is 5.20. The largest absolute Gasteiger partial charge is 0.341 e. The molecule has 104 valence electrons. The first kappa shape index (κ1) is 13.9. The molecule has 2 aliphatic rings. The first-order valence-electron chi connectivity index (χ1n) is 7.42. The monoisotopic (exact) mass is 252 g/mol. The summed E-state index contributed by atoms with van der Waals surface area (Å²) in [6, 6.07) is 0.0798. The van der Waals surface area contributed by atoms with Gasteiger partial charge in [0, 0.05) is 13.1 Å². The van der Waals surface area contributed by atoms with Crippen LogP contribution in [0.3, 0.4) is 0 Å². The van der Waals surface area contributed by atoms with Crippen molar-refractivity contribution in [2.75, 3.05) is 19.6 Å². The third-order valence-corrected chi connectivity index (χ3v) is 4.83. The van der Waals surface area contributed by atoms with Crippen molar-refractivity contribution in [2.45, 2.75) is 53.0 Å². The minimum atomic E-state index is 0.0798. The summed E-state index contributed by atoms with van der Waals surface area (Å²) in [6.07, 6.45) is 3.46. The van der Waals surface area contributed by atoms with Crippen molar-refractivity contribution in [3.63, 3.8) is 0 Å². The van der Waals surface area contributed by atoms with Gasteiger partial charge >= 0.3 is 0 Å². The van der Waals surface area contributed by atoms with Gasteiger partial charge in [-0.1, -0.05) is 27.7 Å². The summed E-state index contributed by atoms with van der Waals surface area (Å²) in [5, 5.41) is 3.35. The molecular formula is C15H28N2O. The number of nitrogens with one attached hydrogen (secondary N) is 1. The molecule has 3 heteroatoms. The minimum absolute atomic E-state index is 0.0798. The van der Waals surface area contributed by atoms with Gasteiger partial charge in [-0.15, -0.1) is 0 Å². The Morgan fingerprint density at radius 2 is 1.78 bits per heavy atom. The van der Waals surface area contributed by atoms with Crippen LogP contribution in [0.15, 0.2) is 0 Å². The summed E-state index contributed by atoms with van der Waals surface area (Å²) in [5.41, 5.74) is 0.383. The molecule has 18 heavy (non-hydrogen) atoms. The third kappa shape index (κ3) is 2.87. The van der Waals surface area contributed by atoms with Gasteiger partial charge in [-0.2, -0.15) is 0 Å². The third-order valence-electron chi connectivity index (χ3n) is 4.83. The molecule has 2 aliphatic heterocycles. The first-order chi connectivity index (χ1) is 8.39. The molecule has 3 nitrogen and oxygen atoms in total. The van der Waals surface area contributed by atoms with E-state index in [9.17, 15) is 4.79 Å². The van der Waals surface area contributed by atoms with E-state index in [2.05, 4.69) is 37.9 Å². The maximum atomic E-state index is 12.4. The Morgan fingerprint density at radius 1 is 1.17 bits per heavy atom. The summed E-state index contributed by atoms with van der Waals surface area (Å²) in [7, 11) is 0. The molecule has 0 spiro atoms. The van der Waals surface area contributed by atoms with Crippen LogP contribution in [0, 0.1) is 17.3 Å². The molecule has 0 saturated carbocycles. The van der Waals surface area contributed by atoms with Crippen molar-refractivity contribution < 1.29 is 4.79 Å². The van der Waals surface area contributed by atoms with Crippen molar-refractivity contribution in [2.24, 2.45) is 17.3 Å². The van der Waals surface area contributed by atoms with E-state index in [-0.39, 0.29) is 6.04 Å².